The number of halogens is 4. The summed E-state index contributed by atoms with van der Waals surface area (Å²) >= 11 is 0. The third-order valence-corrected chi connectivity index (χ3v) is 15.3. The van der Waals surface area contributed by atoms with Crippen LogP contribution < -0.4 is 137 Å². The van der Waals surface area contributed by atoms with E-state index in [1.54, 1.807) is 24.0 Å². The number of hydrogen-bond acceptors (Lipinski definition) is 18. The number of rotatable bonds is 17. The zero-order valence-corrected chi connectivity index (χ0v) is 73.6. The summed E-state index contributed by atoms with van der Waals surface area (Å²) < 4.78 is 95.6. The molecule has 0 aliphatic carbocycles. The summed E-state index contributed by atoms with van der Waals surface area (Å²) in [5.41, 5.74) is 7.67. The number of likely N-dealkylation sites (tertiary alicyclic amines) is 1. The maximum atomic E-state index is 11.1. The average Bonchev–Trinajstić information content (AvgIpc) is 1.59. The number of pyridine rings is 1. The summed E-state index contributed by atoms with van der Waals surface area (Å²) in [6.45, 7) is 35.4. The second-order valence-corrected chi connectivity index (χ2v) is 27.3. The van der Waals surface area contributed by atoms with Crippen molar-refractivity contribution in [2.45, 2.75) is 183 Å². The number of carbonyl (C=O) groups excluding carboxylic acids is 2. The number of carbonyl (C=O) groups is 3. The smallest absolute Gasteiger partial charge is 1.00 e. The summed E-state index contributed by atoms with van der Waals surface area (Å²) in [5, 5.41) is 36.5. The molecule has 8 rings (SSSR count). The van der Waals surface area contributed by atoms with Crippen molar-refractivity contribution in [2.75, 3.05) is 73.7 Å². The number of esters is 1. The maximum absolute atomic E-state index is 11.1. The minimum Gasteiger partial charge on any atom is -1.00 e. The number of hydrogen-bond donors (Lipinski definition) is 5. The van der Waals surface area contributed by atoms with Gasteiger partial charge in [0.05, 0.1) is 85.5 Å². The van der Waals surface area contributed by atoms with Crippen LogP contribution in [-0.2, 0) is 98.9 Å². The van der Waals surface area contributed by atoms with Gasteiger partial charge < -0.3 is 118 Å². The molecule has 3 aliphatic rings. The minimum absolute atomic E-state index is 0. The van der Waals surface area contributed by atoms with Gasteiger partial charge in [0.25, 0.3) is 0 Å². The topological polar surface area (TPSA) is 343 Å². The molecule has 2 bridgehead atoms. The van der Waals surface area contributed by atoms with Crippen LogP contribution in [0.4, 0.5) is 0 Å². The Morgan fingerprint density at radius 2 is 1.24 bits per heavy atom. The van der Waals surface area contributed by atoms with E-state index in [0.717, 1.165) is 54.8 Å². The second-order valence-electron chi connectivity index (χ2n) is 24.9. The first-order chi connectivity index (χ1) is 44.7. The largest absolute Gasteiger partial charge is 1.00 e. The normalized spacial score (nSPS) is 16.6. The molecule has 3 fully saturated rings. The summed E-state index contributed by atoms with van der Waals surface area (Å²) in [7, 11) is 1.88. The number of ether oxygens (including phenoxy) is 4. The van der Waals surface area contributed by atoms with Gasteiger partial charge in [-0.05, 0) is 107 Å². The molecule has 0 spiro atoms. The van der Waals surface area contributed by atoms with Gasteiger partial charge in [-0.1, -0.05) is 85.7 Å². The number of aliphatic hydroxyl groups is 3. The van der Waals surface area contributed by atoms with Crippen LogP contribution in [0.25, 0.3) is 0 Å². The van der Waals surface area contributed by atoms with Gasteiger partial charge in [0.2, 0.25) is 29.0 Å². The molecule has 102 heavy (non-hydrogen) atoms. The number of aromatic nitrogens is 5. The van der Waals surface area contributed by atoms with E-state index in [0.29, 0.717) is 25.1 Å². The number of aliphatic carboxylic acids is 1. The van der Waals surface area contributed by atoms with Gasteiger partial charge in [0.15, 0.2) is 24.8 Å². The van der Waals surface area contributed by atoms with Gasteiger partial charge in [0.1, 0.15) is 72.1 Å². The third-order valence-electron chi connectivity index (χ3n) is 13.9. The molecule has 2 aromatic carbocycles. The van der Waals surface area contributed by atoms with Crippen LogP contribution >= 0.6 is 0 Å². The molecule has 1 amide bonds. The van der Waals surface area contributed by atoms with Crippen molar-refractivity contribution in [2.24, 2.45) is 31.2 Å². The van der Waals surface area contributed by atoms with E-state index in [2.05, 4.69) is 151 Å². The van der Waals surface area contributed by atoms with Crippen molar-refractivity contribution in [1.82, 2.24) is 14.0 Å². The minimum atomic E-state index is -4.42. The number of nitrogens with two attached hydrogens (primary N) is 1. The Bertz CT molecular complexity index is 3100. The number of aliphatic hydroxyl groups excluding tert-OH is 3. The standard InChI is InChI=1S/C16H26O2.C9H14O6.C8H10O3S.C7H11NO3.C7H10N.2C6H11N2.C5H14N.C2H7N.C2H6O4S.BrH.3ClH.2Na/c1-15(2,3)12-16(4,5)13-6-8-14(9-7-13)18-11-10-17;1-2-5(10)15-8-4-3-13-9(14-4)7(12)6(8)11;1-2-7-3-5-8(6-4-7)12(9,10)11;1-2-8-4-5(7(10)11)3-6(8)9;1-2-8-6-4-3-5-7-8;2*1-3-8-5-4-7(2)6-8;1-5-6(2,3)4;1-2-3;1-2-6-7(3,4)5;;;;;;/h6-9,17H,10-12H2,1-5H3;4,6-9,11-12H,2-3H2,1H3;3-6H,2H2,1H3,(H,9,10,11);5H,2-4H2,1H3,(H,10,11);3-7H,2H2,1H3;2*4-6H,3H2,1-2H3;5H2,1-4H3;2-3H2,1H3;2H2,1H3,(H,3,4,5);4*1H;;/q;;;;4*+1;;;;;;;2*+1/p-6. The molecule has 0 radical (unpaired) electrons. The Morgan fingerprint density at radius 3 is 1.53 bits per heavy atom. The van der Waals surface area contributed by atoms with Crippen LogP contribution in [0.2, 0.25) is 0 Å². The monoisotopic (exact) mass is 1630 g/mol. The number of imidazole rings is 2. The van der Waals surface area contributed by atoms with Crippen LogP contribution in [0, 0.1) is 11.3 Å². The third kappa shape index (κ3) is 53.8. The Kier molecular flexibility index (Phi) is 68.7. The van der Waals surface area contributed by atoms with Crippen LogP contribution in [0.5, 0.6) is 5.75 Å². The number of aryl methyl sites for hydroxylation is 6. The molecule has 580 valence electrons. The molecule has 26 nitrogen and oxygen atoms in total. The number of amides is 1. The van der Waals surface area contributed by atoms with E-state index in [1.807, 2.05) is 86.7 Å². The van der Waals surface area contributed by atoms with E-state index in [-0.39, 0.29) is 162 Å². The Morgan fingerprint density at radius 1 is 0.755 bits per heavy atom. The number of quaternary nitrogens is 1. The number of carboxylic acids is 1. The molecule has 3 aliphatic heterocycles. The number of nitrogens with zero attached hydrogens (tertiary/aromatic N) is 7. The first-order valence-corrected chi connectivity index (χ1v) is 35.2. The van der Waals surface area contributed by atoms with Crippen molar-refractivity contribution in [3.05, 3.63) is 128 Å². The van der Waals surface area contributed by atoms with Crippen LogP contribution in [0.3, 0.4) is 0 Å². The molecule has 6 atom stereocenters. The van der Waals surface area contributed by atoms with E-state index >= 15 is 0 Å². The van der Waals surface area contributed by atoms with E-state index in [4.69, 9.17) is 34.9 Å². The van der Waals surface area contributed by atoms with Crippen molar-refractivity contribution < 1.29 is 215 Å². The molecular formula is C68H118BrCl3N8Na2O18S2. The quantitative estimate of drug-likeness (QED) is 0.0144. The zero-order chi connectivity index (χ0) is 74.0. The molecule has 5 aromatic rings. The van der Waals surface area contributed by atoms with Gasteiger partial charge in [-0.25, -0.2) is 39.7 Å². The second kappa shape index (κ2) is 61.0. The van der Waals surface area contributed by atoms with Gasteiger partial charge >= 0.3 is 71.1 Å². The molecular weight excluding hydrogens is 1510 g/mol. The summed E-state index contributed by atoms with van der Waals surface area (Å²) in [6, 6.07) is 20.2. The van der Waals surface area contributed by atoms with Gasteiger partial charge in [0, 0.05) is 38.1 Å². The van der Waals surface area contributed by atoms with Crippen molar-refractivity contribution in [3.63, 3.8) is 0 Å². The number of benzene rings is 2. The Labute approximate surface area is 683 Å². The van der Waals surface area contributed by atoms with Gasteiger partial charge in [-0.2, -0.15) is 0 Å². The molecule has 3 saturated heterocycles. The number of carboxylic acid groups (broad SMARTS) is 1. The predicted octanol–water partition coefficient (Wildman–Crippen LogP) is -12.5. The van der Waals surface area contributed by atoms with Crippen LogP contribution in [0.15, 0.2) is 121 Å². The van der Waals surface area contributed by atoms with Crippen molar-refractivity contribution in [3.8, 4) is 5.75 Å². The number of fused-ring (bicyclic) bond motifs is 2. The van der Waals surface area contributed by atoms with Crippen LogP contribution in [0.1, 0.15) is 127 Å². The first kappa shape index (κ1) is 115. The zero-order valence-electron chi connectivity index (χ0n) is 64.1. The maximum Gasteiger partial charge on any atom is 1.00 e. The first-order valence-electron chi connectivity index (χ1n) is 32.5. The van der Waals surface area contributed by atoms with E-state index < -0.39 is 69.1 Å². The molecule has 0 saturated carbocycles. The van der Waals surface area contributed by atoms with Gasteiger partial charge in [-0.3, -0.25) is 18.6 Å². The molecule has 6 heterocycles. The predicted molar refractivity (Wildman–Crippen MR) is 364 cm³/mol. The fourth-order valence-electron chi connectivity index (χ4n) is 8.64. The Hall–Kier alpha value is -2.93. The summed E-state index contributed by atoms with van der Waals surface area (Å²) in [4.78, 5) is 33.9. The summed E-state index contributed by atoms with van der Waals surface area (Å²) in [6.07, 6.45) is 14.3. The molecule has 3 aromatic heterocycles. The Balaban J connectivity index is -0.000000163. The fraction of sp³-hybridized carbons (Fsp3) is 0.618. The van der Waals surface area contributed by atoms with Crippen LogP contribution in [-0.4, -0.2) is 187 Å². The summed E-state index contributed by atoms with van der Waals surface area (Å²) in [5.74, 6) is -1.00. The van der Waals surface area contributed by atoms with Crippen molar-refractivity contribution in [1.29, 1.82) is 0 Å². The molecule has 34 heteroatoms. The fourth-order valence-corrected chi connectivity index (χ4v) is 9.40. The van der Waals surface area contributed by atoms with Crippen molar-refractivity contribution >= 4 is 38.4 Å². The average molecular weight is 1630 g/mol. The molecule has 6 N–H and O–H groups in total. The van der Waals surface area contributed by atoms with Gasteiger partial charge in [-0.15, -0.1) is 0 Å². The van der Waals surface area contributed by atoms with E-state index in [9.17, 15) is 50.5 Å². The SMILES string of the molecule is CC(C)(C)CC(C)(C)c1ccc(OCCO)cc1.CCC(=O)OC1C2COC(O2)C(O)C1O.CCN.CCN1CC(C(=O)O)CC1=O.CCOS(=O)(=O)[O-].CC[N+](C)(C)C.CC[n+]1ccccc1.CCc1ccc(S(=O)(=O)[O-])cc1.CCn1cc[n+](C)c1.CCn1cc[n+](C)c1.[Br-].[Cl-].[Cl-].[Cl-].[Na+].[Na+]. The van der Waals surface area contributed by atoms with E-state index in [1.165, 1.54) is 31.2 Å². The molecule has 6 unspecified atom stereocenters.